The summed E-state index contributed by atoms with van der Waals surface area (Å²) < 4.78 is 20.5. The van der Waals surface area contributed by atoms with Crippen LogP contribution in [0.5, 0.6) is 5.75 Å². The molecule has 0 amide bonds. The summed E-state index contributed by atoms with van der Waals surface area (Å²) in [5.74, 6) is 1.58. The van der Waals surface area contributed by atoms with E-state index in [0.717, 1.165) is 38.8 Å². The first-order valence-corrected chi connectivity index (χ1v) is 18.7. The Labute approximate surface area is 275 Å². The van der Waals surface area contributed by atoms with Crippen LogP contribution in [-0.4, -0.2) is 94.9 Å². The van der Waals surface area contributed by atoms with E-state index in [1.807, 2.05) is 28.6 Å². The van der Waals surface area contributed by atoms with Crippen molar-refractivity contribution in [2.45, 2.75) is 0 Å². The van der Waals surface area contributed by atoms with Crippen molar-refractivity contribution in [2.24, 2.45) is 10.7 Å². The number of halogens is 1. The standard InChI is InChI=1S/C30H36BrN10O2PS/c1-33-17-19(16-32)20-14-24(26(43-2)15-25(20)40-10-12-41(13-11-40)45(5)42)38-30-36-18-21(31)29(39-30)37-23-7-6-22-27(28(23)44(3)4)35-9-8-34-22/h6-9,14-18H,10-13,32H2,1-5H3,(H2,36,37,38,39). The topological polar surface area (TPSA) is 153 Å². The second-order valence-electron chi connectivity index (χ2n) is 10.3. The average Bonchev–Trinajstić information content (AvgIpc) is 3.04. The lowest BCUT2D eigenvalue weighted by atomic mass is 10.0. The summed E-state index contributed by atoms with van der Waals surface area (Å²) in [6, 6.07) is 7.92. The lowest BCUT2D eigenvalue weighted by Crippen LogP contribution is -2.48. The number of nitrogens with two attached hydrogens (primary N) is 1. The average molecular weight is 712 g/mol. The molecule has 0 spiro atoms. The number of anilines is 5. The van der Waals surface area contributed by atoms with Crippen LogP contribution in [0.15, 0.2) is 58.5 Å². The van der Waals surface area contributed by atoms with Gasteiger partial charge in [0.1, 0.15) is 17.8 Å². The maximum atomic E-state index is 12.0. The quantitative estimate of drug-likeness (QED) is 0.122. The van der Waals surface area contributed by atoms with Gasteiger partial charge in [-0.2, -0.15) is 4.98 Å². The zero-order chi connectivity index (χ0) is 32.1. The van der Waals surface area contributed by atoms with Crippen LogP contribution in [0.3, 0.4) is 0 Å². The van der Waals surface area contributed by atoms with E-state index in [1.165, 1.54) is 0 Å². The highest BCUT2D eigenvalue weighted by Crippen LogP contribution is 2.39. The van der Waals surface area contributed by atoms with Gasteiger partial charge in [0.2, 0.25) is 5.95 Å². The van der Waals surface area contributed by atoms with Crippen molar-refractivity contribution >= 4 is 92.2 Å². The lowest BCUT2D eigenvalue weighted by molar-refractivity contribution is 0.387. The van der Waals surface area contributed by atoms with Crippen LogP contribution in [0.25, 0.3) is 16.6 Å². The van der Waals surface area contributed by atoms with Gasteiger partial charge in [0.15, 0.2) is 0 Å². The molecule has 1 aliphatic rings. The fourth-order valence-corrected chi connectivity index (χ4v) is 7.37. The molecule has 0 aliphatic carbocycles. The van der Waals surface area contributed by atoms with E-state index < -0.39 is 19.3 Å². The monoisotopic (exact) mass is 710 g/mol. The summed E-state index contributed by atoms with van der Waals surface area (Å²) in [7, 11) is 2.83. The Hall–Kier alpha value is -3.55. The molecule has 45 heavy (non-hydrogen) atoms. The number of hydrogen-bond donors (Lipinski definition) is 3. The van der Waals surface area contributed by atoms with Crippen LogP contribution >= 0.6 is 23.9 Å². The maximum absolute atomic E-state index is 12.0. The normalized spacial score (nSPS) is 15.2. The second kappa shape index (κ2) is 14.7. The Morgan fingerprint density at radius 2 is 1.87 bits per heavy atom. The highest BCUT2D eigenvalue weighted by molar-refractivity contribution is 9.10. The number of fused-ring (bicyclic) bond motifs is 1. The third-order valence-electron chi connectivity index (χ3n) is 7.32. The molecule has 1 aliphatic heterocycles. The van der Waals surface area contributed by atoms with E-state index in [-0.39, 0.29) is 0 Å². The first-order valence-electron chi connectivity index (χ1n) is 14.1. The summed E-state index contributed by atoms with van der Waals surface area (Å²) in [6.45, 7) is 7.15. The molecule has 3 heterocycles. The summed E-state index contributed by atoms with van der Waals surface area (Å²) in [4.78, 5) is 24.9. The third-order valence-corrected chi connectivity index (χ3v) is 10.3. The Kier molecular flexibility index (Phi) is 10.7. The van der Waals surface area contributed by atoms with Gasteiger partial charge in [0, 0.05) is 96.4 Å². The molecular formula is C30H36BrN10O2PS. The molecule has 1 unspecified atom stereocenters. The number of piperazine rings is 1. The Morgan fingerprint density at radius 3 is 2.53 bits per heavy atom. The molecule has 12 nitrogen and oxygen atoms in total. The minimum atomic E-state index is -1.01. The SMILES string of the molecule is CN=CC(=CN)c1cc(Nc2ncc(Br)c(Nc3ccc4nccnc4c3P(C)C)n2)c(OC)cc1N1CCN([S+](C)[O-])CC1. The second-order valence-corrected chi connectivity index (χ2v) is 14.8. The molecule has 1 atom stereocenters. The van der Waals surface area contributed by atoms with Crippen LogP contribution in [0, 0.1) is 0 Å². The van der Waals surface area contributed by atoms with Gasteiger partial charge in [0.25, 0.3) is 0 Å². The molecule has 2 aromatic heterocycles. The van der Waals surface area contributed by atoms with Crippen LogP contribution in [0.1, 0.15) is 5.56 Å². The van der Waals surface area contributed by atoms with Gasteiger partial charge in [-0.1, -0.05) is 7.92 Å². The summed E-state index contributed by atoms with van der Waals surface area (Å²) in [5.41, 5.74) is 12.0. The molecule has 0 radical (unpaired) electrons. The van der Waals surface area contributed by atoms with Gasteiger partial charge < -0.3 is 30.6 Å². The number of nitrogens with zero attached hydrogens (tertiary/aromatic N) is 7. The molecule has 0 saturated carbocycles. The predicted octanol–water partition coefficient (Wildman–Crippen LogP) is 4.46. The number of nitrogens with one attached hydrogen (secondary N) is 2. The molecule has 5 rings (SSSR count). The maximum Gasteiger partial charge on any atom is 0.229 e. The van der Waals surface area contributed by atoms with Crippen molar-refractivity contribution in [3.05, 3.63) is 59.1 Å². The van der Waals surface area contributed by atoms with Gasteiger partial charge in [-0.25, -0.2) is 4.98 Å². The number of methoxy groups -OCH3 is 1. The number of hydrogen-bond acceptors (Lipinski definition) is 12. The molecule has 15 heteroatoms. The fraction of sp³-hybridized carbons (Fsp3) is 0.300. The van der Waals surface area contributed by atoms with Crippen LogP contribution in [0.4, 0.5) is 28.8 Å². The molecular weight excluding hydrogens is 675 g/mol. The number of rotatable bonds is 10. The molecule has 2 aromatic carbocycles. The minimum absolute atomic E-state index is 0.372. The van der Waals surface area contributed by atoms with Crippen molar-refractivity contribution in [1.29, 1.82) is 0 Å². The lowest BCUT2D eigenvalue weighted by Gasteiger charge is -2.36. The molecule has 4 N–H and O–H groups in total. The van der Waals surface area contributed by atoms with Crippen molar-refractivity contribution < 1.29 is 9.29 Å². The molecule has 1 saturated heterocycles. The van der Waals surface area contributed by atoms with E-state index in [0.29, 0.717) is 53.9 Å². The van der Waals surface area contributed by atoms with Crippen LogP contribution in [-0.2, 0) is 11.4 Å². The molecule has 236 valence electrons. The van der Waals surface area contributed by atoms with Gasteiger partial charge >= 0.3 is 0 Å². The number of aliphatic imine (C=N–C) groups is 1. The van der Waals surface area contributed by atoms with E-state index in [2.05, 4.69) is 64.7 Å². The molecule has 0 bridgehead atoms. The highest BCUT2D eigenvalue weighted by atomic mass is 79.9. The Morgan fingerprint density at radius 1 is 1.11 bits per heavy atom. The third kappa shape index (κ3) is 7.31. The van der Waals surface area contributed by atoms with E-state index in [9.17, 15) is 4.55 Å². The van der Waals surface area contributed by atoms with Crippen molar-refractivity contribution in [3.8, 4) is 5.75 Å². The number of aromatic nitrogens is 4. The van der Waals surface area contributed by atoms with Crippen molar-refractivity contribution in [3.63, 3.8) is 0 Å². The van der Waals surface area contributed by atoms with Gasteiger partial charge in [-0.05, 0) is 47.5 Å². The summed E-state index contributed by atoms with van der Waals surface area (Å²) in [5, 5.41) is 7.96. The first-order chi connectivity index (χ1) is 21.7. The van der Waals surface area contributed by atoms with Crippen molar-refractivity contribution in [1.82, 2.24) is 24.2 Å². The molecule has 1 fully saturated rings. The largest absolute Gasteiger partial charge is 0.598 e. The highest BCUT2D eigenvalue weighted by Gasteiger charge is 2.26. The smallest absolute Gasteiger partial charge is 0.229 e. The van der Waals surface area contributed by atoms with Crippen molar-refractivity contribution in [2.75, 3.05) is 75.5 Å². The predicted molar refractivity (Wildman–Crippen MR) is 192 cm³/mol. The minimum Gasteiger partial charge on any atom is -0.598 e. The van der Waals surface area contributed by atoms with E-state index in [1.54, 1.807) is 51.4 Å². The fourth-order valence-electron chi connectivity index (χ4n) is 5.19. The van der Waals surface area contributed by atoms with Gasteiger partial charge in [-0.15, -0.1) is 4.31 Å². The van der Waals surface area contributed by atoms with Gasteiger partial charge in [-0.3, -0.25) is 15.0 Å². The van der Waals surface area contributed by atoms with E-state index >= 15 is 0 Å². The summed E-state index contributed by atoms with van der Waals surface area (Å²) >= 11 is 2.60. The van der Waals surface area contributed by atoms with Gasteiger partial charge in [0.05, 0.1) is 41.4 Å². The van der Waals surface area contributed by atoms with Crippen LogP contribution in [0.2, 0.25) is 0 Å². The Bertz CT molecular complexity index is 1730. The number of ether oxygens (including phenoxy) is 1. The number of allylic oxidation sites excluding steroid dienone is 1. The first kappa shape index (κ1) is 32.8. The zero-order valence-electron chi connectivity index (χ0n) is 25.8. The zero-order valence-corrected chi connectivity index (χ0v) is 29.1. The summed E-state index contributed by atoms with van der Waals surface area (Å²) in [6.07, 6.45) is 10.1. The molecule has 4 aromatic rings. The Balaban J connectivity index is 1.50. The number of benzene rings is 2. The van der Waals surface area contributed by atoms with Crippen LogP contribution < -0.4 is 31.3 Å². The van der Waals surface area contributed by atoms with E-state index in [4.69, 9.17) is 15.5 Å².